The van der Waals surface area contributed by atoms with Gasteiger partial charge in [-0.05, 0) is 82.3 Å². The number of hydrogen-bond acceptors (Lipinski definition) is 3. The van der Waals surface area contributed by atoms with E-state index in [1.54, 1.807) is 0 Å². The molecule has 1 saturated carbocycles. The van der Waals surface area contributed by atoms with Crippen LogP contribution in [0.2, 0.25) is 0 Å². The Bertz CT molecular complexity index is 1100. The van der Waals surface area contributed by atoms with Crippen molar-refractivity contribution in [2.45, 2.75) is 78.9 Å². The minimum Gasteiger partial charge on any atom is -0.346 e. The van der Waals surface area contributed by atoms with Crippen LogP contribution in [0.5, 0.6) is 0 Å². The van der Waals surface area contributed by atoms with Crippen molar-refractivity contribution >= 4 is 17.1 Å². The van der Waals surface area contributed by atoms with Crippen molar-refractivity contribution < 1.29 is 0 Å². The third-order valence-corrected chi connectivity index (χ3v) is 7.50. The van der Waals surface area contributed by atoms with Crippen LogP contribution in [0, 0.1) is 27.7 Å². The first-order valence-corrected chi connectivity index (χ1v) is 12.2. The standard InChI is InChI=1S/C29H35N3/c1-19-12-11-13-20(2)28(19)25-18-21(3)29(22(4)30-25)32-23(5)31(24-14-7-6-8-15-24)26-16-9-10-17-27(26)32/h9-13,16-18,23-24H,6-8,14-15H2,1-5H3/t23-/m1/s1. The lowest BCUT2D eigenvalue weighted by molar-refractivity contribution is 0.400. The van der Waals surface area contributed by atoms with E-state index >= 15 is 0 Å². The van der Waals surface area contributed by atoms with E-state index in [1.165, 1.54) is 71.4 Å². The predicted molar refractivity (Wildman–Crippen MR) is 136 cm³/mol. The average molecular weight is 426 g/mol. The fourth-order valence-corrected chi connectivity index (χ4v) is 6.12. The van der Waals surface area contributed by atoms with Gasteiger partial charge in [0.05, 0.1) is 28.5 Å². The molecule has 2 aromatic carbocycles. The molecule has 0 amide bonds. The van der Waals surface area contributed by atoms with Crippen molar-refractivity contribution in [3.05, 3.63) is 70.9 Å². The molecule has 1 aromatic heterocycles. The highest BCUT2D eigenvalue weighted by molar-refractivity contribution is 5.86. The molecule has 3 nitrogen and oxygen atoms in total. The van der Waals surface area contributed by atoms with Crippen LogP contribution in [0.3, 0.4) is 0 Å². The summed E-state index contributed by atoms with van der Waals surface area (Å²) >= 11 is 0. The first-order valence-electron chi connectivity index (χ1n) is 12.2. The Morgan fingerprint density at radius 2 is 1.44 bits per heavy atom. The molecular weight excluding hydrogens is 390 g/mol. The van der Waals surface area contributed by atoms with E-state index in [4.69, 9.17) is 4.98 Å². The van der Waals surface area contributed by atoms with Crippen molar-refractivity contribution in [2.75, 3.05) is 9.80 Å². The van der Waals surface area contributed by atoms with Crippen LogP contribution in [-0.4, -0.2) is 17.2 Å². The van der Waals surface area contributed by atoms with Crippen LogP contribution < -0.4 is 9.80 Å². The Kier molecular flexibility index (Phi) is 5.44. The number of benzene rings is 2. The molecule has 1 aliphatic carbocycles. The number of aryl methyl sites for hydroxylation is 4. The summed E-state index contributed by atoms with van der Waals surface area (Å²) in [5.41, 5.74) is 11.3. The first kappa shape index (κ1) is 21.1. The molecule has 166 valence electrons. The molecule has 0 saturated heterocycles. The zero-order chi connectivity index (χ0) is 22.4. The van der Waals surface area contributed by atoms with Crippen molar-refractivity contribution in [3.63, 3.8) is 0 Å². The van der Waals surface area contributed by atoms with Crippen LogP contribution >= 0.6 is 0 Å². The molecule has 0 spiro atoms. The first-order chi connectivity index (χ1) is 15.5. The second kappa shape index (κ2) is 8.27. The molecule has 2 aliphatic rings. The highest BCUT2D eigenvalue weighted by atomic mass is 15.4. The Balaban J connectivity index is 1.60. The van der Waals surface area contributed by atoms with Crippen LogP contribution in [-0.2, 0) is 0 Å². The molecule has 0 unspecified atom stereocenters. The van der Waals surface area contributed by atoms with Gasteiger partial charge in [0, 0.05) is 11.6 Å². The van der Waals surface area contributed by atoms with E-state index in [9.17, 15) is 0 Å². The lowest BCUT2D eigenvalue weighted by Crippen LogP contribution is -2.46. The minimum atomic E-state index is 0.292. The van der Waals surface area contributed by atoms with Gasteiger partial charge >= 0.3 is 0 Å². The minimum absolute atomic E-state index is 0.292. The quantitative estimate of drug-likeness (QED) is 0.430. The van der Waals surface area contributed by atoms with Crippen molar-refractivity contribution in [3.8, 4) is 11.3 Å². The van der Waals surface area contributed by atoms with E-state index in [1.807, 2.05) is 0 Å². The van der Waals surface area contributed by atoms with Gasteiger partial charge in [-0.3, -0.25) is 4.98 Å². The van der Waals surface area contributed by atoms with Gasteiger partial charge in [-0.15, -0.1) is 0 Å². The Labute approximate surface area is 193 Å². The molecule has 1 atom stereocenters. The van der Waals surface area contributed by atoms with Gasteiger partial charge in [-0.1, -0.05) is 49.6 Å². The van der Waals surface area contributed by atoms with Gasteiger partial charge < -0.3 is 9.80 Å². The Hall–Kier alpha value is -2.81. The predicted octanol–water partition coefficient (Wildman–Crippen LogP) is 7.62. The van der Waals surface area contributed by atoms with Crippen LogP contribution in [0.15, 0.2) is 48.5 Å². The van der Waals surface area contributed by atoms with E-state index in [-0.39, 0.29) is 0 Å². The highest BCUT2D eigenvalue weighted by Crippen LogP contribution is 2.48. The molecule has 32 heavy (non-hydrogen) atoms. The summed E-state index contributed by atoms with van der Waals surface area (Å²) in [5.74, 6) is 0. The zero-order valence-electron chi connectivity index (χ0n) is 20.2. The van der Waals surface area contributed by atoms with E-state index in [0.29, 0.717) is 12.2 Å². The van der Waals surface area contributed by atoms with Gasteiger partial charge in [0.15, 0.2) is 0 Å². The smallest absolute Gasteiger partial charge is 0.104 e. The van der Waals surface area contributed by atoms with E-state index < -0.39 is 0 Å². The monoisotopic (exact) mass is 425 g/mol. The average Bonchev–Trinajstić information content (AvgIpc) is 3.06. The van der Waals surface area contributed by atoms with Crippen molar-refractivity contribution in [1.82, 2.24) is 4.98 Å². The molecule has 1 fully saturated rings. The summed E-state index contributed by atoms with van der Waals surface area (Å²) in [6, 6.07) is 18.4. The fraction of sp³-hybridized carbons (Fsp3) is 0.414. The molecular formula is C29H35N3. The molecule has 0 N–H and O–H groups in total. The number of rotatable bonds is 3. The summed E-state index contributed by atoms with van der Waals surface area (Å²) < 4.78 is 0. The normalized spacial score (nSPS) is 18.8. The molecule has 1 aliphatic heterocycles. The third-order valence-electron chi connectivity index (χ3n) is 7.50. The maximum Gasteiger partial charge on any atom is 0.104 e. The highest BCUT2D eigenvalue weighted by Gasteiger charge is 2.39. The lowest BCUT2D eigenvalue weighted by Gasteiger charge is -2.38. The second-order valence-corrected chi connectivity index (χ2v) is 9.71. The summed E-state index contributed by atoms with van der Waals surface area (Å²) in [7, 11) is 0. The lowest BCUT2D eigenvalue weighted by atomic mass is 9.93. The third kappa shape index (κ3) is 3.39. The number of pyridine rings is 1. The number of fused-ring (bicyclic) bond motifs is 1. The molecule has 0 bridgehead atoms. The van der Waals surface area contributed by atoms with Crippen molar-refractivity contribution in [2.24, 2.45) is 0 Å². The van der Waals surface area contributed by atoms with Crippen LogP contribution in [0.4, 0.5) is 17.1 Å². The largest absolute Gasteiger partial charge is 0.346 e. The summed E-state index contributed by atoms with van der Waals surface area (Å²) in [4.78, 5) is 10.4. The molecule has 0 radical (unpaired) electrons. The number of nitrogens with zero attached hydrogens (tertiary/aromatic N) is 3. The number of hydrogen-bond donors (Lipinski definition) is 0. The summed E-state index contributed by atoms with van der Waals surface area (Å²) in [5, 5.41) is 0. The van der Waals surface area contributed by atoms with Crippen molar-refractivity contribution in [1.29, 1.82) is 0 Å². The van der Waals surface area contributed by atoms with Gasteiger partial charge in [-0.2, -0.15) is 0 Å². The topological polar surface area (TPSA) is 19.4 Å². The van der Waals surface area contributed by atoms with Gasteiger partial charge in [0.2, 0.25) is 0 Å². The summed E-state index contributed by atoms with van der Waals surface area (Å²) in [6.07, 6.45) is 6.97. The second-order valence-electron chi connectivity index (χ2n) is 9.71. The Morgan fingerprint density at radius 1 is 0.781 bits per heavy atom. The van der Waals surface area contributed by atoms with Crippen LogP contribution in [0.25, 0.3) is 11.3 Å². The molecule has 3 heteroatoms. The van der Waals surface area contributed by atoms with Gasteiger partial charge in [-0.25, -0.2) is 0 Å². The SMILES string of the molecule is Cc1cccc(C)c1-c1cc(C)c(N2c3ccccc3N(C3CCCCC3)[C@H]2C)c(C)n1. The molecule has 5 rings (SSSR count). The van der Waals surface area contributed by atoms with Gasteiger partial charge in [0.1, 0.15) is 6.17 Å². The van der Waals surface area contributed by atoms with Crippen LogP contribution in [0.1, 0.15) is 61.4 Å². The maximum atomic E-state index is 5.16. The summed E-state index contributed by atoms with van der Waals surface area (Å²) in [6.45, 7) is 11.2. The number of para-hydroxylation sites is 2. The van der Waals surface area contributed by atoms with E-state index in [2.05, 4.69) is 92.9 Å². The maximum absolute atomic E-state index is 5.16. The number of aromatic nitrogens is 1. The zero-order valence-corrected chi connectivity index (χ0v) is 20.2. The molecule has 2 heterocycles. The number of anilines is 3. The fourth-order valence-electron chi connectivity index (χ4n) is 6.12. The Morgan fingerprint density at radius 3 is 2.09 bits per heavy atom. The van der Waals surface area contributed by atoms with E-state index in [0.717, 1.165) is 11.4 Å². The molecule has 3 aromatic rings. The van der Waals surface area contributed by atoms with Gasteiger partial charge in [0.25, 0.3) is 0 Å².